The molecule has 234 valence electrons. The van der Waals surface area contributed by atoms with E-state index in [1.165, 1.54) is 27.3 Å². The van der Waals surface area contributed by atoms with Gasteiger partial charge in [0.15, 0.2) is 17.5 Å². The van der Waals surface area contributed by atoms with Crippen molar-refractivity contribution in [1.29, 1.82) is 0 Å². The zero-order valence-corrected chi connectivity index (χ0v) is 27.3. The summed E-state index contributed by atoms with van der Waals surface area (Å²) in [6.45, 7) is 2.09. The third-order valence-electron chi connectivity index (χ3n) is 9.76. The molecule has 0 atom stereocenters. The number of aromatic nitrogens is 3. The van der Waals surface area contributed by atoms with E-state index in [9.17, 15) is 0 Å². The summed E-state index contributed by atoms with van der Waals surface area (Å²) < 4.78 is 6.28. The predicted octanol–water partition coefficient (Wildman–Crippen LogP) is 12.2. The van der Waals surface area contributed by atoms with Crippen molar-refractivity contribution in [2.75, 3.05) is 0 Å². The van der Waals surface area contributed by atoms with Gasteiger partial charge in [0.2, 0.25) is 0 Å². The maximum absolute atomic E-state index is 6.28. The van der Waals surface area contributed by atoms with Crippen LogP contribution in [0.2, 0.25) is 0 Å². The van der Waals surface area contributed by atoms with E-state index in [0.29, 0.717) is 17.5 Å². The summed E-state index contributed by atoms with van der Waals surface area (Å²) in [7, 11) is 0. The maximum Gasteiger partial charge on any atom is 0.164 e. The minimum Gasteiger partial charge on any atom is -0.456 e. The van der Waals surface area contributed by atoms with Gasteiger partial charge >= 0.3 is 0 Å². The molecule has 10 aromatic rings. The Morgan fingerprint density at radius 1 is 0.360 bits per heavy atom. The highest BCUT2D eigenvalue weighted by atomic mass is 16.3. The fourth-order valence-electron chi connectivity index (χ4n) is 7.48. The third kappa shape index (κ3) is 4.50. The van der Waals surface area contributed by atoms with Crippen molar-refractivity contribution in [3.63, 3.8) is 0 Å². The van der Waals surface area contributed by atoms with Gasteiger partial charge in [-0.25, -0.2) is 15.0 Å². The molecule has 2 heterocycles. The number of aryl methyl sites for hydroxylation is 1. The van der Waals surface area contributed by atoms with E-state index in [4.69, 9.17) is 19.4 Å². The van der Waals surface area contributed by atoms with E-state index >= 15 is 0 Å². The molecule has 0 saturated carbocycles. The van der Waals surface area contributed by atoms with Gasteiger partial charge in [-0.15, -0.1) is 0 Å². The Hall–Kier alpha value is -6.65. The first-order valence-electron chi connectivity index (χ1n) is 16.9. The molecule has 0 aliphatic carbocycles. The summed E-state index contributed by atoms with van der Waals surface area (Å²) >= 11 is 0. The molecule has 0 fully saturated rings. The molecule has 0 N–H and O–H groups in total. The number of para-hydroxylation sites is 1. The van der Waals surface area contributed by atoms with E-state index in [-0.39, 0.29) is 0 Å². The van der Waals surface area contributed by atoms with Crippen LogP contribution in [0, 0.1) is 6.92 Å². The quantitative estimate of drug-likeness (QED) is 0.180. The SMILES string of the molecule is Cc1cccc(-c2nc(-c3cc4c5ccccc5c(-c5ccccc5)cc4c4ccccc34)nc(-c3cccc4oc5ccccc5c34)n2)c1. The van der Waals surface area contributed by atoms with Gasteiger partial charge in [-0.05, 0) is 80.7 Å². The lowest BCUT2D eigenvalue weighted by atomic mass is 9.89. The summed E-state index contributed by atoms with van der Waals surface area (Å²) in [5.41, 5.74) is 8.03. The third-order valence-corrected chi connectivity index (χ3v) is 9.76. The molecule has 0 bridgehead atoms. The lowest BCUT2D eigenvalue weighted by Crippen LogP contribution is -2.01. The molecule has 10 rings (SSSR count). The summed E-state index contributed by atoms with van der Waals surface area (Å²) in [5, 5.41) is 9.05. The van der Waals surface area contributed by atoms with Gasteiger partial charge < -0.3 is 4.42 Å². The van der Waals surface area contributed by atoms with Gasteiger partial charge in [0.1, 0.15) is 11.2 Å². The van der Waals surface area contributed by atoms with E-state index in [2.05, 4.69) is 134 Å². The van der Waals surface area contributed by atoms with E-state index in [0.717, 1.165) is 60.4 Å². The summed E-state index contributed by atoms with van der Waals surface area (Å²) in [6, 6.07) is 55.2. The maximum atomic E-state index is 6.28. The lowest BCUT2D eigenvalue weighted by molar-refractivity contribution is 0.669. The highest BCUT2D eigenvalue weighted by Gasteiger charge is 2.20. The number of hydrogen-bond donors (Lipinski definition) is 0. The van der Waals surface area contributed by atoms with Gasteiger partial charge in [0, 0.05) is 27.5 Å². The largest absolute Gasteiger partial charge is 0.456 e. The Kier molecular flexibility index (Phi) is 6.36. The number of fused-ring (bicyclic) bond motifs is 8. The molecule has 2 aromatic heterocycles. The van der Waals surface area contributed by atoms with Crippen LogP contribution in [0.1, 0.15) is 5.56 Å². The Balaban J connectivity index is 1.30. The summed E-state index contributed by atoms with van der Waals surface area (Å²) in [6.07, 6.45) is 0. The van der Waals surface area contributed by atoms with Crippen LogP contribution in [0.15, 0.2) is 162 Å². The molecule has 0 saturated heterocycles. The van der Waals surface area contributed by atoms with Crippen LogP contribution < -0.4 is 0 Å². The van der Waals surface area contributed by atoms with Crippen molar-refractivity contribution < 1.29 is 4.42 Å². The Morgan fingerprint density at radius 2 is 0.900 bits per heavy atom. The number of rotatable bonds is 4. The summed E-state index contributed by atoms with van der Waals surface area (Å²) in [4.78, 5) is 15.7. The second kappa shape index (κ2) is 11.2. The number of nitrogens with zero attached hydrogens (tertiary/aromatic N) is 3. The average molecular weight is 640 g/mol. The predicted molar refractivity (Wildman–Crippen MR) is 206 cm³/mol. The first-order valence-corrected chi connectivity index (χ1v) is 16.9. The van der Waals surface area contributed by atoms with Crippen molar-refractivity contribution in [1.82, 2.24) is 15.0 Å². The van der Waals surface area contributed by atoms with Crippen LogP contribution in [0.4, 0.5) is 0 Å². The second-order valence-corrected chi connectivity index (χ2v) is 12.9. The van der Waals surface area contributed by atoms with Crippen molar-refractivity contribution >= 4 is 54.3 Å². The minimum absolute atomic E-state index is 0.608. The molecule has 0 aliphatic heterocycles. The van der Waals surface area contributed by atoms with E-state index in [1.54, 1.807) is 0 Å². The second-order valence-electron chi connectivity index (χ2n) is 12.9. The van der Waals surface area contributed by atoms with E-state index < -0.39 is 0 Å². The fourth-order valence-corrected chi connectivity index (χ4v) is 7.48. The van der Waals surface area contributed by atoms with Gasteiger partial charge in [-0.1, -0.05) is 133 Å². The summed E-state index contributed by atoms with van der Waals surface area (Å²) in [5.74, 6) is 1.87. The molecule has 0 aliphatic rings. The lowest BCUT2D eigenvalue weighted by Gasteiger charge is -2.16. The van der Waals surface area contributed by atoms with Crippen LogP contribution in [0.25, 0.3) is 99.5 Å². The molecule has 8 aromatic carbocycles. The van der Waals surface area contributed by atoms with Crippen molar-refractivity contribution in [2.45, 2.75) is 6.92 Å². The molecule has 0 spiro atoms. The standard InChI is InChI=1S/C46H29N3O/c1-28-13-11-16-30(25-28)44-47-45(36-22-12-24-42-43(36)35-21-9-10-23-41(35)50-42)49-46(48-44)40-27-39-32-18-6-5-17-31(32)37(29-14-3-2-4-15-29)26-38(39)33-19-7-8-20-34(33)40/h2-27H,1H3. The van der Waals surface area contributed by atoms with Crippen LogP contribution >= 0.6 is 0 Å². The average Bonchev–Trinajstić information content (AvgIpc) is 3.56. The van der Waals surface area contributed by atoms with Crippen LogP contribution in [-0.2, 0) is 0 Å². The topological polar surface area (TPSA) is 51.8 Å². The fraction of sp³-hybridized carbons (Fsp3) is 0.0217. The zero-order chi connectivity index (χ0) is 33.2. The minimum atomic E-state index is 0.608. The van der Waals surface area contributed by atoms with Crippen molar-refractivity contribution in [3.05, 3.63) is 163 Å². The Labute approximate surface area is 288 Å². The van der Waals surface area contributed by atoms with Gasteiger partial charge in [-0.2, -0.15) is 0 Å². The van der Waals surface area contributed by atoms with Gasteiger partial charge in [-0.3, -0.25) is 0 Å². The first-order chi connectivity index (χ1) is 24.7. The Morgan fingerprint density at radius 3 is 1.64 bits per heavy atom. The van der Waals surface area contributed by atoms with Crippen LogP contribution in [0.5, 0.6) is 0 Å². The Bertz CT molecular complexity index is 2940. The van der Waals surface area contributed by atoms with Crippen LogP contribution in [-0.4, -0.2) is 15.0 Å². The smallest absolute Gasteiger partial charge is 0.164 e. The number of hydrogen-bond acceptors (Lipinski definition) is 4. The highest BCUT2D eigenvalue weighted by Crippen LogP contribution is 2.42. The van der Waals surface area contributed by atoms with Gasteiger partial charge in [0.05, 0.1) is 0 Å². The molecular formula is C46H29N3O. The van der Waals surface area contributed by atoms with Crippen molar-refractivity contribution in [2.24, 2.45) is 0 Å². The molecule has 0 amide bonds. The molecular weight excluding hydrogens is 611 g/mol. The number of furan rings is 1. The molecule has 4 nitrogen and oxygen atoms in total. The first kappa shape index (κ1) is 28.4. The van der Waals surface area contributed by atoms with E-state index in [1.807, 2.05) is 30.3 Å². The highest BCUT2D eigenvalue weighted by molar-refractivity contribution is 6.23. The normalized spacial score (nSPS) is 11.7. The molecule has 4 heteroatoms. The zero-order valence-electron chi connectivity index (χ0n) is 27.3. The molecule has 50 heavy (non-hydrogen) atoms. The van der Waals surface area contributed by atoms with Crippen LogP contribution in [0.3, 0.4) is 0 Å². The monoisotopic (exact) mass is 639 g/mol. The van der Waals surface area contributed by atoms with Gasteiger partial charge in [0.25, 0.3) is 0 Å². The molecule has 0 unspecified atom stereocenters. The molecule has 0 radical (unpaired) electrons. The van der Waals surface area contributed by atoms with Crippen molar-refractivity contribution in [3.8, 4) is 45.3 Å². The number of benzene rings is 8.